The van der Waals surface area contributed by atoms with Gasteiger partial charge in [0.1, 0.15) is 11.7 Å². The van der Waals surface area contributed by atoms with Gasteiger partial charge in [-0.15, -0.1) is 0 Å². The van der Waals surface area contributed by atoms with Gasteiger partial charge < -0.3 is 14.6 Å². The molecule has 3 unspecified atom stereocenters. The molecule has 2 rings (SSSR count). The number of hydrogen-bond acceptors (Lipinski definition) is 4. The minimum atomic E-state index is -1.19. The van der Waals surface area contributed by atoms with E-state index in [1.165, 1.54) is 0 Å². The third-order valence-corrected chi connectivity index (χ3v) is 3.57. The largest absolute Gasteiger partial charge is 0.453 e. The van der Waals surface area contributed by atoms with Gasteiger partial charge in [0.15, 0.2) is 5.79 Å². The van der Waals surface area contributed by atoms with Crippen molar-refractivity contribution < 1.29 is 19.4 Å². The first kappa shape index (κ1) is 12.6. The van der Waals surface area contributed by atoms with Gasteiger partial charge in [-0.25, -0.2) is 4.79 Å². The Morgan fingerprint density at radius 1 is 1.53 bits per heavy atom. The van der Waals surface area contributed by atoms with E-state index in [1.807, 2.05) is 0 Å². The first-order valence-electron chi connectivity index (χ1n) is 6.14. The average molecular weight is 240 g/mol. The second-order valence-electron chi connectivity index (χ2n) is 5.44. The summed E-state index contributed by atoms with van der Waals surface area (Å²) in [6, 6.07) is 0. The molecule has 2 aliphatic rings. The Hall–Kier alpha value is -0.870. The van der Waals surface area contributed by atoms with E-state index in [0.717, 1.165) is 25.7 Å². The number of aliphatic hydroxyl groups is 1. The number of ether oxygens (including phenoxy) is 2. The molecule has 1 N–H and O–H groups in total. The molecule has 0 bridgehead atoms. The zero-order valence-electron chi connectivity index (χ0n) is 10.5. The summed E-state index contributed by atoms with van der Waals surface area (Å²) < 4.78 is 11.2. The van der Waals surface area contributed by atoms with Crippen molar-refractivity contribution in [2.75, 3.05) is 0 Å². The second kappa shape index (κ2) is 4.10. The van der Waals surface area contributed by atoms with E-state index in [0.29, 0.717) is 12.0 Å². The fourth-order valence-electron chi connectivity index (χ4n) is 2.87. The van der Waals surface area contributed by atoms with Crippen LogP contribution in [0, 0.1) is 0 Å². The first-order chi connectivity index (χ1) is 7.85. The molecule has 0 aromatic heterocycles. The van der Waals surface area contributed by atoms with E-state index < -0.39 is 17.4 Å². The maximum Gasteiger partial charge on any atom is 0.333 e. The number of hydrogen-bond donors (Lipinski definition) is 1. The van der Waals surface area contributed by atoms with Gasteiger partial charge in [-0.3, -0.25) is 0 Å². The molecule has 1 heterocycles. The van der Waals surface area contributed by atoms with Crippen molar-refractivity contribution in [1.82, 2.24) is 0 Å². The van der Waals surface area contributed by atoms with Gasteiger partial charge in [0.25, 0.3) is 0 Å². The van der Waals surface area contributed by atoms with Gasteiger partial charge in [-0.1, -0.05) is 13.0 Å². The molecule has 3 atom stereocenters. The lowest BCUT2D eigenvalue weighted by molar-refractivity contribution is -0.189. The van der Waals surface area contributed by atoms with Crippen LogP contribution in [0.4, 0.5) is 0 Å². The molecule has 4 nitrogen and oxygen atoms in total. The van der Waals surface area contributed by atoms with Crippen LogP contribution in [-0.4, -0.2) is 28.6 Å². The van der Waals surface area contributed by atoms with Gasteiger partial charge in [-0.05, 0) is 33.1 Å². The summed E-state index contributed by atoms with van der Waals surface area (Å²) >= 11 is 0. The van der Waals surface area contributed by atoms with Crippen LogP contribution in [0.3, 0.4) is 0 Å². The molecule has 0 aromatic rings. The molecule has 0 spiro atoms. The maximum absolute atomic E-state index is 11.7. The van der Waals surface area contributed by atoms with Crippen molar-refractivity contribution in [3.63, 3.8) is 0 Å². The second-order valence-corrected chi connectivity index (χ2v) is 5.44. The fraction of sp³-hybridized carbons (Fsp3) is 0.769. The number of fused-ring (bicyclic) bond motifs is 1. The predicted octanol–water partition coefficient (Wildman–Crippen LogP) is 1.92. The van der Waals surface area contributed by atoms with Crippen LogP contribution in [0.25, 0.3) is 0 Å². The number of esters is 1. The normalized spacial score (nSPS) is 40.8. The molecule has 2 fully saturated rings. The van der Waals surface area contributed by atoms with Gasteiger partial charge in [0.05, 0.1) is 0 Å². The highest BCUT2D eigenvalue weighted by Gasteiger charge is 2.56. The highest BCUT2D eigenvalue weighted by Crippen LogP contribution is 2.47. The smallest absolute Gasteiger partial charge is 0.333 e. The van der Waals surface area contributed by atoms with Crippen molar-refractivity contribution in [3.8, 4) is 0 Å². The van der Waals surface area contributed by atoms with E-state index >= 15 is 0 Å². The Morgan fingerprint density at radius 3 is 2.88 bits per heavy atom. The fourth-order valence-corrected chi connectivity index (χ4v) is 2.87. The molecule has 0 radical (unpaired) electrons. The summed E-state index contributed by atoms with van der Waals surface area (Å²) in [6.45, 7) is 6.85. The quantitative estimate of drug-likeness (QED) is 0.592. The molecule has 0 aromatic carbocycles. The number of rotatable bonds is 2. The number of carbonyl (C=O) groups is 1. The average Bonchev–Trinajstić information content (AvgIpc) is 2.47. The molecule has 0 amide bonds. The highest BCUT2D eigenvalue weighted by molar-refractivity contribution is 5.87. The number of carbonyl (C=O) groups excluding carboxylic acids is 1. The Balaban J connectivity index is 2.19. The Labute approximate surface area is 102 Å². The zero-order chi connectivity index (χ0) is 12.7. The van der Waals surface area contributed by atoms with Crippen LogP contribution in [-0.2, 0) is 14.3 Å². The lowest BCUT2D eigenvalue weighted by atomic mass is 9.80. The third-order valence-electron chi connectivity index (χ3n) is 3.57. The van der Waals surface area contributed by atoms with Crippen molar-refractivity contribution in [1.29, 1.82) is 0 Å². The standard InChI is InChI=1S/C13H20O4/c1-9(2)11(14)17-13-7-5-4-6-10(13)16-12(3,15)8-13/h10,15H,1,4-8H2,2-3H3. The van der Waals surface area contributed by atoms with E-state index in [2.05, 4.69) is 6.58 Å². The summed E-state index contributed by atoms with van der Waals surface area (Å²) in [5.41, 5.74) is -0.270. The lowest BCUT2D eigenvalue weighted by Gasteiger charge is -2.36. The van der Waals surface area contributed by atoms with Crippen LogP contribution in [0.5, 0.6) is 0 Å². The van der Waals surface area contributed by atoms with Crippen LogP contribution in [0.1, 0.15) is 46.0 Å². The van der Waals surface area contributed by atoms with Crippen molar-refractivity contribution in [3.05, 3.63) is 12.2 Å². The van der Waals surface area contributed by atoms with Crippen LogP contribution < -0.4 is 0 Å². The summed E-state index contributed by atoms with van der Waals surface area (Å²) in [5, 5.41) is 10.0. The van der Waals surface area contributed by atoms with Crippen molar-refractivity contribution in [2.45, 2.75) is 63.4 Å². The SMILES string of the molecule is C=C(C)C(=O)OC12CCCCC1OC(C)(O)C2. The van der Waals surface area contributed by atoms with E-state index in [1.54, 1.807) is 13.8 Å². The van der Waals surface area contributed by atoms with Gasteiger partial charge in [0.2, 0.25) is 0 Å². The van der Waals surface area contributed by atoms with E-state index in [9.17, 15) is 9.90 Å². The first-order valence-corrected chi connectivity index (χ1v) is 6.14. The van der Waals surface area contributed by atoms with Crippen LogP contribution >= 0.6 is 0 Å². The molecule has 4 heteroatoms. The Morgan fingerprint density at radius 2 is 2.24 bits per heavy atom. The molecule has 96 valence electrons. The summed E-state index contributed by atoms with van der Waals surface area (Å²) in [4.78, 5) is 11.7. The molecule has 1 saturated carbocycles. The monoisotopic (exact) mass is 240 g/mol. The summed E-state index contributed by atoms with van der Waals surface area (Å²) in [5.74, 6) is -1.58. The Kier molecular flexibility index (Phi) is 3.04. The van der Waals surface area contributed by atoms with Gasteiger partial charge >= 0.3 is 5.97 Å². The highest BCUT2D eigenvalue weighted by atomic mass is 16.7. The lowest BCUT2D eigenvalue weighted by Crippen LogP contribution is -2.45. The minimum Gasteiger partial charge on any atom is -0.453 e. The topological polar surface area (TPSA) is 55.8 Å². The minimum absolute atomic E-state index is 0.186. The molecular weight excluding hydrogens is 220 g/mol. The van der Waals surface area contributed by atoms with E-state index in [-0.39, 0.29) is 6.10 Å². The molecule has 1 aliphatic heterocycles. The van der Waals surface area contributed by atoms with Gasteiger partial charge in [0, 0.05) is 12.0 Å². The van der Waals surface area contributed by atoms with E-state index in [4.69, 9.17) is 9.47 Å². The summed E-state index contributed by atoms with van der Waals surface area (Å²) in [6.07, 6.45) is 3.80. The molecule has 1 saturated heterocycles. The molecule has 1 aliphatic carbocycles. The Bertz CT molecular complexity index is 347. The molecular formula is C13H20O4. The summed E-state index contributed by atoms with van der Waals surface area (Å²) in [7, 11) is 0. The third kappa shape index (κ3) is 2.38. The van der Waals surface area contributed by atoms with Crippen molar-refractivity contribution in [2.24, 2.45) is 0 Å². The van der Waals surface area contributed by atoms with Crippen molar-refractivity contribution >= 4 is 5.97 Å². The maximum atomic E-state index is 11.7. The van der Waals surface area contributed by atoms with Crippen LogP contribution in [0.15, 0.2) is 12.2 Å². The zero-order valence-corrected chi connectivity index (χ0v) is 10.5. The molecule has 17 heavy (non-hydrogen) atoms. The van der Waals surface area contributed by atoms with Gasteiger partial charge in [-0.2, -0.15) is 0 Å². The van der Waals surface area contributed by atoms with Crippen LogP contribution in [0.2, 0.25) is 0 Å². The predicted molar refractivity (Wildman–Crippen MR) is 62.2 cm³/mol.